The van der Waals surface area contributed by atoms with E-state index in [9.17, 15) is 0 Å². The lowest BCUT2D eigenvalue weighted by atomic mass is 9.89. The molecular weight excluding hydrogens is 224 g/mol. The minimum Gasteiger partial charge on any atom is -0.381 e. The maximum absolute atomic E-state index is 5.53. The van der Waals surface area contributed by atoms with Crippen LogP contribution in [0.2, 0.25) is 0 Å². The van der Waals surface area contributed by atoms with Gasteiger partial charge in [-0.05, 0) is 32.1 Å². The fraction of sp³-hybridized carbons (Fsp3) is 1.00. The Morgan fingerprint density at radius 3 is 2.83 bits per heavy atom. The topological polar surface area (TPSA) is 24.5 Å². The Labute approximate surface area is 112 Å². The number of ether oxygens (including phenoxy) is 1. The van der Waals surface area contributed by atoms with Gasteiger partial charge in [0.25, 0.3) is 0 Å². The molecule has 2 aliphatic heterocycles. The van der Waals surface area contributed by atoms with Crippen LogP contribution in [0.4, 0.5) is 0 Å². The standard InChI is InChI=1S/C15H30N2O/c1-4-6-14-10-17(9-13-7-8-18-11-13)15(3,5-2)12-16-14/h13-14,16H,4-12H2,1-3H3. The lowest BCUT2D eigenvalue weighted by molar-refractivity contribution is 0.0310. The van der Waals surface area contributed by atoms with Gasteiger partial charge in [0.1, 0.15) is 0 Å². The Balaban J connectivity index is 1.95. The summed E-state index contributed by atoms with van der Waals surface area (Å²) in [5, 5.41) is 3.74. The highest BCUT2D eigenvalue weighted by molar-refractivity contribution is 4.95. The predicted octanol–water partition coefficient (Wildman–Crippen LogP) is 2.27. The van der Waals surface area contributed by atoms with Crippen LogP contribution in [0.15, 0.2) is 0 Å². The molecule has 0 bridgehead atoms. The molecular formula is C15H30N2O. The van der Waals surface area contributed by atoms with Crippen LogP contribution in [0, 0.1) is 5.92 Å². The van der Waals surface area contributed by atoms with Crippen LogP contribution in [0.1, 0.15) is 46.5 Å². The SMILES string of the molecule is CCCC1CN(CC2CCOC2)C(C)(CC)CN1. The second-order valence-corrected chi connectivity index (χ2v) is 6.35. The molecule has 0 aromatic carbocycles. The van der Waals surface area contributed by atoms with Gasteiger partial charge in [0.05, 0.1) is 6.61 Å². The highest BCUT2D eigenvalue weighted by Gasteiger charge is 2.37. The molecule has 3 unspecified atom stereocenters. The zero-order chi connectivity index (χ0) is 13.0. The molecule has 2 heterocycles. The number of hydrogen-bond acceptors (Lipinski definition) is 3. The lowest BCUT2D eigenvalue weighted by Crippen LogP contribution is -2.63. The zero-order valence-electron chi connectivity index (χ0n) is 12.4. The van der Waals surface area contributed by atoms with Gasteiger partial charge >= 0.3 is 0 Å². The second-order valence-electron chi connectivity index (χ2n) is 6.35. The van der Waals surface area contributed by atoms with E-state index in [2.05, 4.69) is 31.0 Å². The summed E-state index contributed by atoms with van der Waals surface area (Å²) in [5.74, 6) is 0.760. The molecule has 2 saturated heterocycles. The first-order valence-electron chi connectivity index (χ1n) is 7.74. The summed E-state index contributed by atoms with van der Waals surface area (Å²) < 4.78 is 5.53. The normalized spacial score (nSPS) is 38.2. The number of nitrogens with one attached hydrogen (secondary N) is 1. The number of nitrogens with zero attached hydrogens (tertiary/aromatic N) is 1. The van der Waals surface area contributed by atoms with Crippen molar-refractivity contribution < 1.29 is 4.74 Å². The third-order valence-electron chi connectivity index (χ3n) is 4.88. The maximum Gasteiger partial charge on any atom is 0.0507 e. The van der Waals surface area contributed by atoms with E-state index in [0.29, 0.717) is 11.6 Å². The molecule has 3 atom stereocenters. The van der Waals surface area contributed by atoms with Crippen molar-refractivity contribution in [3.05, 3.63) is 0 Å². The van der Waals surface area contributed by atoms with E-state index >= 15 is 0 Å². The maximum atomic E-state index is 5.53. The molecule has 0 radical (unpaired) electrons. The Morgan fingerprint density at radius 1 is 1.39 bits per heavy atom. The molecule has 0 spiro atoms. The second kappa shape index (κ2) is 6.36. The molecule has 0 aromatic heterocycles. The van der Waals surface area contributed by atoms with Gasteiger partial charge in [0, 0.05) is 37.8 Å². The Bertz CT molecular complexity index is 253. The first-order valence-corrected chi connectivity index (χ1v) is 7.74. The monoisotopic (exact) mass is 254 g/mol. The average Bonchev–Trinajstić information content (AvgIpc) is 2.87. The van der Waals surface area contributed by atoms with Crippen molar-refractivity contribution in [3.63, 3.8) is 0 Å². The molecule has 0 aromatic rings. The fourth-order valence-electron chi connectivity index (χ4n) is 3.25. The molecule has 2 rings (SSSR count). The van der Waals surface area contributed by atoms with Crippen molar-refractivity contribution in [1.29, 1.82) is 0 Å². The summed E-state index contributed by atoms with van der Waals surface area (Å²) >= 11 is 0. The summed E-state index contributed by atoms with van der Waals surface area (Å²) in [6.45, 7) is 12.5. The van der Waals surface area contributed by atoms with Crippen molar-refractivity contribution in [2.24, 2.45) is 5.92 Å². The molecule has 0 aliphatic carbocycles. The van der Waals surface area contributed by atoms with Crippen molar-refractivity contribution >= 4 is 0 Å². The molecule has 1 N–H and O–H groups in total. The Hall–Kier alpha value is -0.120. The van der Waals surface area contributed by atoms with Crippen molar-refractivity contribution in [2.75, 3.05) is 32.8 Å². The van der Waals surface area contributed by atoms with Crippen LogP contribution < -0.4 is 5.32 Å². The lowest BCUT2D eigenvalue weighted by Gasteiger charge is -2.49. The van der Waals surface area contributed by atoms with Crippen molar-refractivity contribution in [2.45, 2.75) is 58.0 Å². The fourth-order valence-corrected chi connectivity index (χ4v) is 3.25. The number of piperazine rings is 1. The van der Waals surface area contributed by atoms with Crippen molar-refractivity contribution in [1.82, 2.24) is 10.2 Å². The zero-order valence-corrected chi connectivity index (χ0v) is 12.4. The molecule has 3 nitrogen and oxygen atoms in total. The highest BCUT2D eigenvalue weighted by Crippen LogP contribution is 2.27. The van der Waals surface area contributed by atoms with Crippen LogP contribution in [-0.2, 0) is 4.74 Å². The van der Waals surface area contributed by atoms with Gasteiger partial charge < -0.3 is 10.1 Å². The van der Waals surface area contributed by atoms with Gasteiger partial charge in [0.15, 0.2) is 0 Å². The first kappa shape index (κ1) is 14.3. The molecule has 2 fully saturated rings. The third kappa shape index (κ3) is 3.25. The third-order valence-corrected chi connectivity index (χ3v) is 4.88. The first-order chi connectivity index (χ1) is 8.68. The summed E-state index contributed by atoms with van der Waals surface area (Å²) in [7, 11) is 0. The predicted molar refractivity (Wildman–Crippen MR) is 75.9 cm³/mol. The van der Waals surface area contributed by atoms with Gasteiger partial charge in [-0.1, -0.05) is 20.3 Å². The van der Waals surface area contributed by atoms with E-state index in [0.717, 1.165) is 25.7 Å². The van der Waals surface area contributed by atoms with Crippen LogP contribution >= 0.6 is 0 Å². The Kier molecular flexibility index (Phi) is 5.05. The van der Waals surface area contributed by atoms with Gasteiger partial charge in [0.2, 0.25) is 0 Å². The molecule has 0 amide bonds. The highest BCUT2D eigenvalue weighted by atomic mass is 16.5. The summed E-state index contributed by atoms with van der Waals surface area (Å²) in [6.07, 6.45) is 5.06. The summed E-state index contributed by atoms with van der Waals surface area (Å²) in [5.41, 5.74) is 0.340. The minimum absolute atomic E-state index is 0.340. The minimum atomic E-state index is 0.340. The summed E-state index contributed by atoms with van der Waals surface area (Å²) in [6, 6.07) is 0.692. The average molecular weight is 254 g/mol. The van der Waals surface area contributed by atoms with Gasteiger partial charge in [-0.25, -0.2) is 0 Å². The molecule has 2 aliphatic rings. The van der Waals surface area contributed by atoms with E-state index < -0.39 is 0 Å². The van der Waals surface area contributed by atoms with E-state index in [1.165, 1.54) is 38.8 Å². The van der Waals surface area contributed by atoms with E-state index in [1.807, 2.05) is 0 Å². The van der Waals surface area contributed by atoms with Crippen LogP contribution in [0.25, 0.3) is 0 Å². The Morgan fingerprint density at radius 2 is 2.22 bits per heavy atom. The van der Waals surface area contributed by atoms with E-state index in [-0.39, 0.29) is 0 Å². The quantitative estimate of drug-likeness (QED) is 0.814. The number of hydrogen-bond donors (Lipinski definition) is 1. The molecule has 106 valence electrons. The molecule has 18 heavy (non-hydrogen) atoms. The van der Waals surface area contributed by atoms with Crippen LogP contribution in [0.5, 0.6) is 0 Å². The van der Waals surface area contributed by atoms with Crippen molar-refractivity contribution in [3.8, 4) is 0 Å². The van der Waals surface area contributed by atoms with Gasteiger partial charge in [-0.2, -0.15) is 0 Å². The van der Waals surface area contributed by atoms with Gasteiger partial charge in [-0.15, -0.1) is 0 Å². The van der Waals surface area contributed by atoms with Crippen LogP contribution in [0.3, 0.4) is 0 Å². The summed E-state index contributed by atoms with van der Waals surface area (Å²) in [4.78, 5) is 2.74. The van der Waals surface area contributed by atoms with E-state index in [1.54, 1.807) is 0 Å². The van der Waals surface area contributed by atoms with E-state index in [4.69, 9.17) is 4.74 Å². The largest absolute Gasteiger partial charge is 0.381 e. The number of rotatable bonds is 5. The smallest absolute Gasteiger partial charge is 0.0507 e. The molecule has 0 saturated carbocycles. The van der Waals surface area contributed by atoms with Gasteiger partial charge in [-0.3, -0.25) is 4.90 Å². The molecule has 3 heteroatoms. The van der Waals surface area contributed by atoms with Crippen LogP contribution in [-0.4, -0.2) is 49.3 Å².